The number of ether oxygens (including phenoxy) is 1. The molecule has 8 heteroatoms. The Morgan fingerprint density at radius 2 is 1.54 bits per heavy atom. The highest BCUT2D eigenvalue weighted by Crippen LogP contribution is 2.20. The van der Waals surface area contributed by atoms with Crippen molar-refractivity contribution in [1.82, 2.24) is 20.0 Å². The van der Waals surface area contributed by atoms with Crippen molar-refractivity contribution in [2.45, 2.75) is 6.42 Å². The molecule has 0 unspecified atom stereocenters. The van der Waals surface area contributed by atoms with Gasteiger partial charge in [0.05, 0.1) is 18.2 Å². The maximum Gasteiger partial charge on any atom is 0.279 e. The molecule has 0 spiro atoms. The van der Waals surface area contributed by atoms with Gasteiger partial charge in [0.2, 0.25) is 0 Å². The number of para-hydroxylation sites is 1. The van der Waals surface area contributed by atoms with Gasteiger partial charge in [0.15, 0.2) is 5.69 Å². The second kappa shape index (κ2) is 11.3. The molecular weight excluding hydrogens is 466 g/mol. The molecular formula is C29H31N5O3. The van der Waals surface area contributed by atoms with E-state index in [-0.39, 0.29) is 17.2 Å². The molecule has 8 nitrogen and oxygen atoms in total. The van der Waals surface area contributed by atoms with E-state index >= 15 is 0 Å². The van der Waals surface area contributed by atoms with Crippen LogP contribution in [0.2, 0.25) is 0 Å². The zero-order chi connectivity index (χ0) is 25.6. The fraction of sp³-hybridized carbons (Fsp3) is 0.276. The van der Waals surface area contributed by atoms with Crippen LogP contribution in [0.5, 0.6) is 5.75 Å². The van der Waals surface area contributed by atoms with Crippen molar-refractivity contribution in [2.75, 3.05) is 51.3 Å². The number of nitrogens with zero attached hydrogens (tertiary/aromatic N) is 4. The molecule has 0 bridgehead atoms. The fourth-order valence-electron chi connectivity index (χ4n) is 4.71. The topological polar surface area (TPSA) is 79.7 Å². The number of nitrogens with one attached hydrogen (secondary N) is 1. The molecule has 190 valence electrons. The van der Waals surface area contributed by atoms with Crippen LogP contribution >= 0.6 is 0 Å². The average Bonchev–Trinajstić information content (AvgIpc) is 2.96. The Hall–Kier alpha value is -4.17. The molecule has 1 saturated heterocycles. The van der Waals surface area contributed by atoms with Gasteiger partial charge in [-0.3, -0.25) is 14.5 Å². The van der Waals surface area contributed by atoms with Gasteiger partial charge in [-0.1, -0.05) is 36.4 Å². The molecule has 1 aromatic heterocycles. The zero-order valence-corrected chi connectivity index (χ0v) is 21.0. The monoisotopic (exact) mass is 497 g/mol. The first-order valence-electron chi connectivity index (χ1n) is 12.6. The second-order valence-electron chi connectivity index (χ2n) is 9.08. The van der Waals surface area contributed by atoms with Crippen LogP contribution in [-0.4, -0.2) is 67.0 Å². The molecule has 2 heterocycles. The molecule has 0 saturated carbocycles. The molecule has 0 radical (unpaired) electrons. The summed E-state index contributed by atoms with van der Waals surface area (Å²) in [6, 6.07) is 24.5. The maximum absolute atomic E-state index is 13.1. The maximum atomic E-state index is 13.1. The number of fused-ring (bicyclic) bond motifs is 1. The van der Waals surface area contributed by atoms with Gasteiger partial charge in [-0.2, -0.15) is 9.78 Å². The Morgan fingerprint density at radius 1 is 0.865 bits per heavy atom. The summed E-state index contributed by atoms with van der Waals surface area (Å²) in [6.45, 7) is 5.35. The number of carbonyl (C=O) groups excluding carboxylic acids is 1. The number of hydrogen-bond acceptors (Lipinski definition) is 6. The molecule has 0 aliphatic carbocycles. The Bertz CT molecular complexity index is 1410. The number of carbonyl (C=O) groups is 1. The lowest BCUT2D eigenvalue weighted by molar-refractivity contribution is 0.0946. The third-order valence-electron chi connectivity index (χ3n) is 6.77. The van der Waals surface area contributed by atoms with E-state index in [1.165, 1.54) is 10.4 Å². The predicted octanol–water partition coefficient (Wildman–Crippen LogP) is 3.34. The second-order valence-corrected chi connectivity index (χ2v) is 9.08. The Morgan fingerprint density at radius 3 is 2.24 bits per heavy atom. The third-order valence-corrected chi connectivity index (χ3v) is 6.77. The number of piperazine rings is 1. The van der Waals surface area contributed by atoms with E-state index in [2.05, 4.69) is 32.3 Å². The molecule has 1 fully saturated rings. The van der Waals surface area contributed by atoms with Crippen LogP contribution in [0, 0.1) is 0 Å². The zero-order valence-electron chi connectivity index (χ0n) is 21.0. The van der Waals surface area contributed by atoms with Gasteiger partial charge < -0.3 is 15.0 Å². The highest BCUT2D eigenvalue weighted by molar-refractivity contribution is 6.04. The van der Waals surface area contributed by atoms with Gasteiger partial charge in [0, 0.05) is 43.8 Å². The minimum atomic E-state index is -0.273. The number of aromatic nitrogens is 2. The van der Waals surface area contributed by atoms with E-state index in [1.54, 1.807) is 37.4 Å². The number of hydrogen-bond donors (Lipinski definition) is 1. The summed E-state index contributed by atoms with van der Waals surface area (Å²) in [5.41, 5.74) is 1.85. The number of anilines is 1. The highest BCUT2D eigenvalue weighted by Gasteiger charge is 2.19. The smallest absolute Gasteiger partial charge is 0.279 e. The van der Waals surface area contributed by atoms with Gasteiger partial charge >= 0.3 is 0 Å². The van der Waals surface area contributed by atoms with Crippen LogP contribution < -0.4 is 20.5 Å². The summed E-state index contributed by atoms with van der Waals surface area (Å²) >= 11 is 0. The van der Waals surface area contributed by atoms with Crippen molar-refractivity contribution in [3.8, 4) is 11.4 Å². The van der Waals surface area contributed by atoms with E-state index in [4.69, 9.17) is 4.74 Å². The number of methoxy groups -OCH3 is 1. The van der Waals surface area contributed by atoms with Crippen molar-refractivity contribution < 1.29 is 9.53 Å². The normalized spacial score (nSPS) is 14.0. The SMILES string of the molecule is COc1ccc(N2CCN(CCCNC(=O)c3nn(-c4ccccc4)c(=O)c4ccccc34)CC2)cc1. The van der Waals surface area contributed by atoms with Crippen LogP contribution in [-0.2, 0) is 0 Å². The summed E-state index contributed by atoms with van der Waals surface area (Å²) < 4.78 is 6.56. The number of amides is 1. The molecule has 5 rings (SSSR count). The van der Waals surface area contributed by atoms with E-state index in [9.17, 15) is 9.59 Å². The van der Waals surface area contributed by atoms with Crippen LogP contribution in [0.1, 0.15) is 16.9 Å². The lowest BCUT2D eigenvalue weighted by Gasteiger charge is -2.36. The van der Waals surface area contributed by atoms with Crippen molar-refractivity contribution in [2.24, 2.45) is 0 Å². The molecule has 0 atom stereocenters. The summed E-state index contributed by atoms with van der Waals surface area (Å²) in [7, 11) is 1.68. The van der Waals surface area contributed by atoms with Crippen LogP contribution in [0.3, 0.4) is 0 Å². The van der Waals surface area contributed by atoms with E-state index in [0.29, 0.717) is 23.0 Å². The first kappa shape index (κ1) is 24.5. The first-order valence-corrected chi connectivity index (χ1v) is 12.6. The van der Waals surface area contributed by atoms with Gasteiger partial charge in [-0.15, -0.1) is 0 Å². The molecule has 1 N–H and O–H groups in total. The summed E-state index contributed by atoms with van der Waals surface area (Å²) in [5, 5.41) is 8.50. The van der Waals surface area contributed by atoms with Crippen molar-refractivity contribution in [3.05, 3.63) is 94.9 Å². The van der Waals surface area contributed by atoms with Crippen LogP contribution in [0.25, 0.3) is 16.5 Å². The van der Waals surface area contributed by atoms with E-state index < -0.39 is 0 Å². The van der Waals surface area contributed by atoms with Crippen LogP contribution in [0.15, 0.2) is 83.7 Å². The molecule has 1 aliphatic rings. The lowest BCUT2D eigenvalue weighted by Crippen LogP contribution is -2.47. The lowest BCUT2D eigenvalue weighted by atomic mass is 10.1. The van der Waals surface area contributed by atoms with Crippen LogP contribution in [0.4, 0.5) is 5.69 Å². The quantitative estimate of drug-likeness (QED) is 0.376. The minimum Gasteiger partial charge on any atom is -0.497 e. The Balaban J connectivity index is 1.18. The van der Waals surface area contributed by atoms with E-state index in [0.717, 1.165) is 44.9 Å². The molecule has 4 aromatic rings. The highest BCUT2D eigenvalue weighted by atomic mass is 16.5. The molecule has 3 aromatic carbocycles. The molecule has 37 heavy (non-hydrogen) atoms. The number of benzene rings is 3. The predicted molar refractivity (Wildman–Crippen MR) is 146 cm³/mol. The Labute approximate surface area is 216 Å². The van der Waals surface area contributed by atoms with E-state index in [1.807, 2.05) is 36.4 Å². The Kier molecular flexibility index (Phi) is 7.46. The first-order chi connectivity index (χ1) is 18.1. The summed E-state index contributed by atoms with van der Waals surface area (Å²) in [4.78, 5) is 31.0. The van der Waals surface area contributed by atoms with Gasteiger partial charge in [-0.25, -0.2) is 0 Å². The van der Waals surface area contributed by atoms with Crippen molar-refractivity contribution in [3.63, 3.8) is 0 Å². The minimum absolute atomic E-state index is 0.243. The average molecular weight is 498 g/mol. The largest absolute Gasteiger partial charge is 0.497 e. The number of rotatable bonds is 8. The third kappa shape index (κ3) is 5.49. The van der Waals surface area contributed by atoms with Gasteiger partial charge in [-0.05, 0) is 55.4 Å². The molecule has 1 aliphatic heterocycles. The standard InChI is InChI=1S/C29H31N5O3/c1-37-24-14-12-22(13-15-24)33-20-18-32(19-21-33)17-7-16-30-28(35)27-25-10-5-6-11-26(25)29(36)34(31-27)23-8-3-2-4-9-23/h2-6,8-15H,7,16-21H2,1H3,(H,30,35). The summed E-state index contributed by atoms with van der Waals surface area (Å²) in [6.07, 6.45) is 0.838. The van der Waals surface area contributed by atoms with Crippen molar-refractivity contribution >= 4 is 22.4 Å². The van der Waals surface area contributed by atoms with Gasteiger partial charge in [0.25, 0.3) is 11.5 Å². The van der Waals surface area contributed by atoms with Crippen molar-refractivity contribution in [1.29, 1.82) is 0 Å². The van der Waals surface area contributed by atoms with Gasteiger partial charge in [0.1, 0.15) is 5.75 Å². The fourth-order valence-corrected chi connectivity index (χ4v) is 4.71. The summed E-state index contributed by atoms with van der Waals surface area (Å²) in [5.74, 6) is 0.594. The molecule has 1 amide bonds.